The third-order valence-corrected chi connectivity index (χ3v) is 2.56. The Morgan fingerprint density at radius 1 is 1.10 bits per heavy atom. The van der Waals surface area contributed by atoms with Crippen molar-refractivity contribution in [2.75, 3.05) is 0 Å². The van der Waals surface area contributed by atoms with Crippen LogP contribution in [0.3, 0.4) is 0 Å². The summed E-state index contributed by atoms with van der Waals surface area (Å²) in [6, 6.07) is 11.3. The summed E-state index contributed by atoms with van der Waals surface area (Å²) in [6.45, 7) is 11.0. The molecule has 0 aliphatic carbocycles. The Hall–Kier alpha value is 0.510. The van der Waals surface area contributed by atoms with Gasteiger partial charge in [-0.15, -0.1) is 40.6 Å². The van der Waals surface area contributed by atoms with E-state index in [0.717, 1.165) is 15.4 Å². The average molecular weight is 406 g/mol. The van der Waals surface area contributed by atoms with Gasteiger partial charge in [-0.25, -0.2) is 0 Å². The molecule has 3 radical (unpaired) electrons. The van der Waals surface area contributed by atoms with Gasteiger partial charge in [0.15, 0.2) is 0 Å². The molecular weight excluding hydrogens is 382 g/mol. The van der Waals surface area contributed by atoms with Crippen LogP contribution >= 0.6 is 0 Å². The van der Waals surface area contributed by atoms with Crippen LogP contribution in [0.4, 0.5) is 0 Å². The zero-order chi connectivity index (χ0) is 12.8. The Morgan fingerprint density at radius 3 is 2.15 bits per heavy atom. The molecule has 0 N–H and O–H groups in total. The van der Waals surface area contributed by atoms with E-state index in [4.69, 9.17) is 0 Å². The summed E-state index contributed by atoms with van der Waals surface area (Å²) >= 11 is 0. The van der Waals surface area contributed by atoms with E-state index in [1.807, 2.05) is 0 Å². The van der Waals surface area contributed by atoms with Crippen LogP contribution in [0.2, 0.25) is 13.1 Å². The van der Waals surface area contributed by atoms with Crippen molar-refractivity contribution in [3.8, 4) is 0 Å². The first-order valence-electron chi connectivity index (χ1n) is 6.31. The van der Waals surface area contributed by atoms with Crippen molar-refractivity contribution in [2.45, 2.75) is 40.3 Å². The zero-order valence-electron chi connectivity index (χ0n) is 12.9. The van der Waals surface area contributed by atoms with Crippen LogP contribution in [0.1, 0.15) is 25.0 Å². The van der Waals surface area contributed by atoms with E-state index >= 15 is 0 Å². The van der Waals surface area contributed by atoms with Gasteiger partial charge >= 0.3 is 26.2 Å². The van der Waals surface area contributed by atoms with Crippen LogP contribution in [0.5, 0.6) is 0 Å². The molecule has 0 saturated heterocycles. The van der Waals surface area contributed by atoms with Crippen LogP contribution < -0.4 is 24.8 Å². The first kappa shape index (κ1) is 25.5. The van der Waals surface area contributed by atoms with Crippen LogP contribution in [-0.4, -0.2) is 9.52 Å². The zero-order valence-corrected chi connectivity index (χ0v) is 17.9. The van der Waals surface area contributed by atoms with Gasteiger partial charge in [0.1, 0.15) is 0 Å². The molecular formula is C16H23Cl2SiZr. The first-order chi connectivity index (χ1) is 8.06. The van der Waals surface area contributed by atoms with E-state index < -0.39 is 0 Å². The minimum Gasteiger partial charge on any atom is -1.00 e. The Balaban J connectivity index is -0.000000445. The maximum absolute atomic E-state index is 2.32. The molecule has 0 aromatic heterocycles. The number of rotatable bonds is 2. The van der Waals surface area contributed by atoms with Crippen LogP contribution in [0.25, 0.3) is 10.8 Å². The van der Waals surface area contributed by atoms with E-state index in [1.165, 1.54) is 28.3 Å². The number of hydrogen-bond donors (Lipinski definition) is 0. The van der Waals surface area contributed by atoms with E-state index in [1.54, 1.807) is 0 Å². The Morgan fingerprint density at radius 2 is 1.65 bits per heavy atom. The predicted octanol–water partition coefficient (Wildman–Crippen LogP) is -1.14. The number of fused-ring (bicyclic) bond motifs is 1. The van der Waals surface area contributed by atoms with Gasteiger partial charge in [0, 0.05) is 9.52 Å². The fraction of sp³-hybridized carbons (Fsp3) is 0.438. The van der Waals surface area contributed by atoms with Crippen molar-refractivity contribution >= 4 is 20.3 Å². The molecule has 0 saturated carbocycles. The van der Waals surface area contributed by atoms with Crippen molar-refractivity contribution in [2.24, 2.45) is 5.92 Å². The summed E-state index contributed by atoms with van der Waals surface area (Å²) in [5, 5.41) is 2.76. The quantitative estimate of drug-likeness (QED) is 0.438. The molecule has 109 valence electrons. The number of halogens is 2. The van der Waals surface area contributed by atoms with Crippen LogP contribution in [-0.2, 0) is 32.6 Å². The second kappa shape index (κ2) is 13.2. The molecule has 0 unspecified atom stereocenters. The van der Waals surface area contributed by atoms with Gasteiger partial charge in [-0.3, -0.25) is 0 Å². The smallest absolute Gasteiger partial charge is 1.00 e. The Bertz CT molecular complexity index is 466. The maximum Gasteiger partial charge on any atom is 3.00 e. The average Bonchev–Trinajstić information content (AvgIpc) is 2.57. The van der Waals surface area contributed by atoms with Gasteiger partial charge < -0.3 is 24.8 Å². The second-order valence-corrected chi connectivity index (χ2v) is 6.09. The monoisotopic (exact) mass is 403 g/mol. The SMILES string of the molecule is C[Si]C.Cc1cc2cc(CC(C)C)ccc2[cH-]1.[Cl-].[Cl-].[Zr+3]. The largest absolute Gasteiger partial charge is 3.00 e. The number of hydrogen-bond acceptors (Lipinski definition) is 0. The van der Waals surface area contributed by atoms with Crippen molar-refractivity contribution < 1.29 is 51.0 Å². The normalized spacial score (nSPS) is 8.90. The maximum atomic E-state index is 2.32. The van der Waals surface area contributed by atoms with Gasteiger partial charge in [-0.1, -0.05) is 39.4 Å². The molecule has 0 fully saturated rings. The van der Waals surface area contributed by atoms with Crippen molar-refractivity contribution in [1.29, 1.82) is 0 Å². The fourth-order valence-electron chi connectivity index (χ4n) is 2.01. The van der Waals surface area contributed by atoms with E-state index in [0.29, 0.717) is 0 Å². The standard InChI is InChI=1S/C14H17.C2H6Si.2ClH.Zr/c1-10(2)6-12-4-5-13-7-11(3)8-14(13)9-12;1-3-2;;;/h4-5,7-10H,6H2,1-3H3;1-2H3;2*1H;/q-1;;;;+3/p-2. The number of aryl methyl sites for hydroxylation is 1. The molecule has 2 aromatic carbocycles. The van der Waals surface area contributed by atoms with E-state index in [9.17, 15) is 0 Å². The summed E-state index contributed by atoms with van der Waals surface area (Å²) < 4.78 is 0. The second-order valence-electron chi connectivity index (χ2n) is 5.09. The topological polar surface area (TPSA) is 0 Å². The molecule has 2 rings (SSSR count). The van der Waals surface area contributed by atoms with Gasteiger partial charge in [0.05, 0.1) is 0 Å². The molecule has 0 aliphatic heterocycles. The molecule has 2 aromatic rings. The number of benzene rings is 1. The third-order valence-electron chi connectivity index (χ3n) is 2.56. The summed E-state index contributed by atoms with van der Waals surface area (Å²) in [4.78, 5) is 0. The van der Waals surface area contributed by atoms with Crippen molar-refractivity contribution in [3.05, 3.63) is 41.5 Å². The third kappa shape index (κ3) is 8.72. The summed E-state index contributed by atoms with van der Waals surface area (Å²) in [7, 11) is 1.08. The van der Waals surface area contributed by atoms with Gasteiger partial charge in [-0.2, -0.15) is 6.07 Å². The van der Waals surface area contributed by atoms with Crippen LogP contribution in [0.15, 0.2) is 30.3 Å². The van der Waals surface area contributed by atoms with Gasteiger partial charge in [0.2, 0.25) is 0 Å². The first-order valence-corrected chi connectivity index (χ1v) is 8.31. The molecule has 0 heterocycles. The van der Waals surface area contributed by atoms with Crippen molar-refractivity contribution in [1.82, 2.24) is 0 Å². The Kier molecular flexibility index (Phi) is 16.8. The fourth-order valence-corrected chi connectivity index (χ4v) is 2.01. The van der Waals surface area contributed by atoms with Gasteiger partial charge in [-0.05, 0) is 12.3 Å². The Labute approximate surface area is 158 Å². The molecule has 0 spiro atoms. The molecule has 0 bridgehead atoms. The molecule has 20 heavy (non-hydrogen) atoms. The molecule has 0 atom stereocenters. The predicted molar refractivity (Wildman–Crippen MR) is 80.3 cm³/mol. The van der Waals surface area contributed by atoms with E-state index in [2.05, 4.69) is 64.2 Å². The van der Waals surface area contributed by atoms with Crippen LogP contribution in [0, 0.1) is 12.8 Å². The molecule has 0 aliphatic rings. The molecule has 0 amide bonds. The minimum atomic E-state index is 0. The minimum absolute atomic E-state index is 0. The van der Waals surface area contributed by atoms with Crippen molar-refractivity contribution in [3.63, 3.8) is 0 Å². The van der Waals surface area contributed by atoms with Gasteiger partial charge in [0.25, 0.3) is 0 Å². The molecule has 4 heteroatoms. The summed E-state index contributed by atoms with van der Waals surface area (Å²) in [5.41, 5.74) is 2.82. The molecule has 0 nitrogen and oxygen atoms in total. The summed E-state index contributed by atoms with van der Waals surface area (Å²) in [5.74, 6) is 0.739. The summed E-state index contributed by atoms with van der Waals surface area (Å²) in [6.07, 6.45) is 1.18. The van der Waals surface area contributed by atoms with E-state index in [-0.39, 0.29) is 51.0 Å².